The number of halogens is 1. The van der Waals surface area contributed by atoms with E-state index < -0.39 is 19.1 Å². The van der Waals surface area contributed by atoms with Crippen LogP contribution >= 0.6 is 0 Å². The second-order valence-corrected chi connectivity index (χ2v) is 24.8. The predicted molar refractivity (Wildman–Crippen MR) is 195 cm³/mol. The maximum absolute atomic E-state index is 15.4. The van der Waals surface area contributed by atoms with Gasteiger partial charge in [-0.05, 0) is 12.1 Å². The molecule has 234 valence electrons. The molecule has 0 saturated carbocycles. The first-order valence-electron chi connectivity index (χ1n) is 16.3. The molecule has 0 aliphatic rings. The topological polar surface area (TPSA) is 54.8 Å². The Labute approximate surface area is 277 Å². The van der Waals surface area contributed by atoms with Crippen molar-refractivity contribution in [3.8, 4) is 34.3 Å². The summed E-state index contributed by atoms with van der Waals surface area (Å²) in [7, 11) is 0. The molecule has 0 amide bonds. The fraction of sp³-hybridized carbons (Fsp3) is 0.220. The van der Waals surface area contributed by atoms with Crippen LogP contribution in [0.5, 0.6) is 0 Å². The molecule has 4 nitrogen and oxygen atoms in total. The van der Waals surface area contributed by atoms with Crippen LogP contribution in [0.1, 0.15) is 56.2 Å². The third kappa shape index (κ3) is 5.16. The summed E-state index contributed by atoms with van der Waals surface area (Å²) < 4.78 is 25.4. The van der Waals surface area contributed by atoms with E-state index >= 15 is 4.39 Å². The minimum atomic E-state index is -1.94. The molecule has 0 aliphatic carbocycles. The summed E-state index contributed by atoms with van der Waals surface area (Å²) in [6.07, 6.45) is 0. The van der Waals surface area contributed by atoms with Crippen molar-refractivity contribution in [2.24, 2.45) is 0 Å². The molecule has 0 radical (unpaired) electrons. The number of aromatic nitrogens is 2. The summed E-state index contributed by atoms with van der Waals surface area (Å²) in [5.41, 5.74) is 9.24. The van der Waals surface area contributed by atoms with E-state index in [0.29, 0.717) is 11.0 Å². The first-order valence-corrected chi connectivity index (χ1v) is 23.6. The van der Waals surface area contributed by atoms with Crippen molar-refractivity contribution in [3.63, 3.8) is 0 Å². The number of nitriles is 1. The number of furan rings is 1. The molecule has 0 aliphatic heterocycles. The number of hydrogen-bond acceptors (Lipinski definition) is 3. The third-order valence-corrected chi connectivity index (χ3v) is 13.6. The number of para-hydroxylation sites is 3. The molecule has 6 heteroatoms. The van der Waals surface area contributed by atoms with Crippen LogP contribution in [0.15, 0.2) is 95.4 Å². The van der Waals surface area contributed by atoms with E-state index in [2.05, 4.69) is 92.0 Å². The molecule has 0 spiro atoms. The maximum atomic E-state index is 15.4. The van der Waals surface area contributed by atoms with Gasteiger partial charge < -0.3 is 4.42 Å². The van der Waals surface area contributed by atoms with Gasteiger partial charge in [-0.15, -0.1) is 0 Å². The van der Waals surface area contributed by atoms with Gasteiger partial charge in [0.05, 0.1) is 5.56 Å². The second-order valence-electron chi connectivity index (χ2n) is 14.1. The van der Waals surface area contributed by atoms with E-state index in [1.165, 1.54) is 32.7 Å². The van der Waals surface area contributed by atoms with E-state index in [-0.39, 0.29) is 23.0 Å². The number of nitrogens with zero attached hydrogens (tertiary/aromatic N) is 3. The van der Waals surface area contributed by atoms with Crippen LogP contribution < -0.4 is 4.40 Å². The van der Waals surface area contributed by atoms with Crippen LogP contribution in [0.2, 0.25) is 17.3 Å². The molecule has 0 atom stereocenters. The van der Waals surface area contributed by atoms with Gasteiger partial charge >= 0.3 is 201 Å². The summed E-state index contributed by atoms with van der Waals surface area (Å²) in [5.74, 6) is 7.82. The van der Waals surface area contributed by atoms with Crippen molar-refractivity contribution in [1.82, 2.24) is 9.55 Å². The van der Waals surface area contributed by atoms with Crippen molar-refractivity contribution < 1.29 is 8.81 Å². The van der Waals surface area contributed by atoms with E-state index in [1.54, 1.807) is 6.07 Å². The zero-order chi connectivity index (χ0) is 33.2. The average molecular weight is 680 g/mol. The monoisotopic (exact) mass is 681 g/mol. The third-order valence-electron chi connectivity index (χ3n) is 9.25. The van der Waals surface area contributed by atoms with Gasteiger partial charge in [-0.2, -0.15) is 5.26 Å². The van der Waals surface area contributed by atoms with Crippen molar-refractivity contribution in [1.29, 1.82) is 5.26 Å². The molecule has 7 rings (SSSR count). The Bertz CT molecular complexity index is 2340. The summed E-state index contributed by atoms with van der Waals surface area (Å²) >= 11 is -1.94. The van der Waals surface area contributed by atoms with Gasteiger partial charge in [-0.25, -0.2) is 4.39 Å². The van der Waals surface area contributed by atoms with Crippen molar-refractivity contribution >= 4 is 50.6 Å². The van der Waals surface area contributed by atoms with E-state index in [0.717, 1.165) is 33.5 Å². The standard InChI is InChI=1S/C41H38FGeN3O/c1-24(2)33-21-28(26-15-18-29(19-16-26)43(5,6)7)22-34(25(3)4)38(33)46-36-14-9-8-13-35(36)45-41(46)32-12-10-11-30-31-20-17-27(23-44)37(42)40(31)47-39(30)32/h8-22,24-25H,1-7H3. The minimum absolute atomic E-state index is 0.0376. The Kier molecular flexibility index (Phi) is 7.60. The molecule has 0 unspecified atom stereocenters. The van der Waals surface area contributed by atoms with Gasteiger partial charge in [0, 0.05) is 10.8 Å². The summed E-state index contributed by atoms with van der Waals surface area (Å²) in [5, 5.41) is 10.9. The Morgan fingerprint density at radius 1 is 0.766 bits per heavy atom. The molecular weight excluding hydrogens is 642 g/mol. The van der Waals surface area contributed by atoms with Crippen molar-refractivity contribution in [2.45, 2.75) is 56.8 Å². The van der Waals surface area contributed by atoms with E-state index in [9.17, 15) is 5.26 Å². The Balaban J connectivity index is 1.53. The number of rotatable bonds is 6. The molecule has 0 bridgehead atoms. The Morgan fingerprint density at radius 3 is 2.06 bits per heavy atom. The average Bonchev–Trinajstić information content (AvgIpc) is 3.63. The summed E-state index contributed by atoms with van der Waals surface area (Å²) in [6, 6.07) is 33.2. The van der Waals surface area contributed by atoms with Crippen molar-refractivity contribution in [3.05, 3.63) is 114 Å². The molecule has 2 aromatic heterocycles. The van der Waals surface area contributed by atoms with E-state index in [4.69, 9.17) is 9.40 Å². The fourth-order valence-electron chi connectivity index (χ4n) is 6.67. The van der Waals surface area contributed by atoms with Crippen LogP contribution in [0.4, 0.5) is 4.39 Å². The molecular formula is C41H38FGeN3O. The summed E-state index contributed by atoms with van der Waals surface area (Å²) in [4.78, 5) is 5.21. The van der Waals surface area contributed by atoms with Crippen LogP contribution in [-0.2, 0) is 0 Å². The number of fused-ring (bicyclic) bond motifs is 4. The number of hydrogen-bond donors (Lipinski definition) is 0. The normalized spacial score (nSPS) is 12.2. The van der Waals surface area contributed by atoms with Crippen LogP contribution in [-0.4, -0.2) is 22.8 Å². The predicted octanol–water partition coefficient (Wildman–Crippen LogP) is 11.1. The molecule has 0 N–H and O–H groups in total. The van der Waals surface area contributed by atoms with Gasteiger partial charge in [0.25, 0.3) is 0 Å². The molecule has 0 saturated heterocycles. The number of imidazole rings is 1. The SMILES string of the molecule is CC(C)c1cc(-c2cc[c]([Ge]([CH3])([CH3])[CH3])cc2)cc(C(C)C)c1-n1c(-c2cccc3c2oc2c(F)c(C#N)ccc23)nc2ccccc21. The molecule has 2 heterocycles. The second kappa shape index (κ2) is 11.5. The fourth-order valence-corrected chi connectivity index (χ4v) is 9.12. The Morgan fingerprint density at radius 2 is 1.43 bits per heavy atom. The van der Waals surface area contributed by atoms with Crippen LogP contribution in [0.3, 0.4) is 0 Å². The Hall–Kier alpha value is -4.67. The van der Waals surface area contributed by atoms with Crippen LogP contribution in [0, 0.1) is 17.1 Å². The quantitative estimate of drug-likeness (QED) is 0.164. The van der Waals surface area contributed by atoms with Gasteiger partial charge in [0.15, 0.2) is 11.4 Å². The summed E-state index contributed by atoms with van der Waals surface area (Å²) in [6.45, 7) is 8.99. The van der Waals surface area contributed by atoms with Gasteiger partial charge in [-0.1, -0.05) is 18.2 Å². The van der Waals surface area contributed by atoms with Crippen LogP contribution in [0.25, 0.3) is 61.2 Å². The molecule has 0 fully saturated rings. The first kappa shape index (κ1) is 31.0. The molecule has 47 heavy (non-hydrogen) atoms. The number of benzene rings is 5. The van der Waals surface area contributed by atoms with E-state index in [1.807, 2.05) is 42.5 Å². The zero-order valence-corrected chi connectivity index (χ0v) is 30.0. The van der Waals surface area contributed by atoms with Gasteiger partial charge in [0.1, 0.15) is 6.07 Å². The molecule has 7 aromatic rings. The first-order chi connectivity index (χ1) is 22.5. The van der Waals surface area contributed by atoms with Crippen molar-refractivity contribution in [2.75, 3.05) is 0 Å². The zero-order valence-electron chi connectivity index (χ0n) is 27.9. The van der Waals surface area contributed by atoms with Gasteiger partial charge in [-0.3, -0.25) is 0 Å². The molecule has 5 aromatic carbocycles. The van der Waals surface area contributed by atoms with Gasteiger partial charge in [0.2, 0.25) is 0 Å².